The Hall–Kier alpha value is -0.910. The third kappa shape index (κ3) is 6.90. The first-order valence-electron chi connectivity index (χ1n) is 7.91. The van der Waals surface area contributed by atoms with Gasteiger partial charge in [-0.05, 0) is 66.7 Å². The summed E-state index contributed by atoms with van der Waals surface area (Å²) < 4.78 is 21.0. The summed E-state index contributed by atoms with van der Waals surface area (Å²) in [6.07, 6.45) is 4.26. The number of hydrogen-bond acceptors (Lipinski definition) is 3. The second-order valence-electron chi connectivity index (χ2n) is 7.80. The lowest BCUT2D eigenvalue weighted by atomic mass is 9.94. The zero-order valence-corrected chi connectivity index (χ0v) is 15.5. The van der Waals surface area contributed by atoms with Gasteiger partial charge in [-0.1, -0.05) is 0 Å². The van der Waals surface area contributed by atoms with Gasteiger partial charge in [0.05, 0.1) is 4.75 Å². The normalized spacial score (nSPS) is 19.5. The number of piperidine rings is 1. The fourth-order valence-electron chi connectivity index (χ4n) is 2.10. The third-order valence-corrected chi connectivity index (χ3v) is 4.79. The summed E-state index contributed by atoms with van der Waals surface area (Å²) in [6, 6.07) is 0. The van der Waals surface area contributed by atoms with Gasteiger partial charge in [-0.3, -0.25) is 0 Å². The van der Waals surface area contributed by atoms with E-state index in [4.69, 9.17) is 4.74 Å². The molecule has 0 N–H and O–H groups in total. The van der Waals surface area contributed by atoms with Gasteiger partial charge in [0.1, 0.15) is 16.6 Å². The van der Waals surface area contributed by atoms with Crippen LogP contribution in [0.5, 0.6) is 0 Å². The van der Waals surface area contributed by atoms with Crippen molar-refractivity contribution < 1.29 is 13.7 Å². The van der Waals surface area contributed by atoms with Crippen LogP contribution < -0.4 is 0 Å². The maximum absolute atomic E-state index is 12.0. The Morgan fingerprint density at radius 2 is 1.77 bits per heavy atom. The summed E-state index contributed by atoms with van der Waals surface area (Å²) in [7, 11) is -1.18. The molecule has 1 heterocycles. The van der Waals surface area contributed by atoms with Crippen LogP contribution in [0.25, 0.3) is 0 Å². The fraction of sp³-hybridized carbons (Fsp3) is 0.875. The number of likely N-dealkylation sites (tertiary alicyclic amines) is 1. The van der Waals surface area contributed by atoms with Gasteiger partial charge in [0.15, 0.2) is 0 Å². The Balaban J connectivity index is 2.36. The molecule has 5 nitrogen and oxygen atoms in total. The highest BCUT2D eigenvalue weighted by Crippen LogP contribution is 2.22. The molecular weight excluding hydrogens is 300 g/mol. The molecule has 1 saturated heterocycles. The molecule has 1 amide bonds. The predicted octanol–water partition coefficient (Wildman–Crippen LogP) is 3.56. The molecule has 1 aliphatic heterocycles. The van der Waals surface area contributed by atoms with Crippen LogP contribution in [-0.4, -0.2) is 44.9 Å². The summed E-state index contributed by atoms with van der Waals surface area (Å²) in [4.78, 5) is 13.7. The molecular formula is C16H30N2O3S. The molecule has 0 aromatic heterocycles. The molecule has 0 aromatic rings. The van der Waals surface area contributed by atoms with E-state index in [1.807, 2.05) is 41.5 Å². The summed E-state index contributed by atoms with van der Waals surface area (Å²) in [6.45, 7) is 12.8. The number of carbonyl (C=O) groups is 1. The van der Waals surface area contributed by atoms with Crippen molar-refractivity contribution in [1.82, 2.24) is 4.90 Å². The first-order chi connectivity index (χ1) is 9.99. The van der Waals surface area contributed by atoms with E-state index in [1.54, 1.807) is 11.1 Å². The Morgan fingerprint density at radius 1 is 1.23 bits per heavy atom. The number of rotatable bonds is 3. The molecule has 0 aliphatic carbocycles. The standard InChI is InChI=1S/C16H30N2O3S/c1-15(2,3)21-14(19)18-11-8-13(9-12-18)7-10-17-22(20)16(4,5)6/h10,13H,7-9,11-12H2,1-6H3/t22-/m0/s1. The average molecular weight is 330 g/mol. The van der Waals surface area contributed by atoms with Crippen LogP contribution in [0.2, 0.25) is 0 Å². The molecule has 1 aliphatic rings. The van der Waals surface area contributed by atoms with Gasteiger partial charge in [-0.25, -0.2) is 9.00 Å². The Bertz CT molecular complexity index is 428. The van der Waals surface area contributed by atoms with Crippen LogP contribution in [-0.2, 0) is 15.7 Å². The maximum atomic E-state index is 12.0. The molecule has 0 aromatic carbocycles. The van der Waals surface area contributed by atoms with E-state index in [2.05, 4.69) is 4.40 Å². The molecule has 0 unspecified atom stereocenters. The summed E-state index contributed by atoms with van der Waals surface area (Å²) in [5.41, 5.74) is -0.447. The lowest BCUT2D eigenvalue weighted by Crippen LogP contribution is -2.41. The van der Waals surface area contributed by atoms with E-state index in [1.165, 1.54) is 0 Å². The van der Waals surface area contributed by atoms with Crippen LogP contribution in [0.3, 0.4) is 0 Å². The molecule has 0 saturated carbocycles. The number of ether oxygens (including phenoxy) is 1. The maximum Gasteiger partial charge on any atom is 0.410 e. The molecule has 6 heteroatoms. The number of carbonyl (C=O) groups excluding carboxylic acids is 1. The quantitative estimate of drug-likeness (QED) is 0.743. The first kappa shape index (κ1) is 19.1. The van der Waals surface area contributed by atoms with Crippen molar-refractivity contribution in [3.8, 4) is 0 Å². The fourth-order valence-corrected chi connectivity index (χ4v) is 2.63. The van der Waals surface area contributed by atoms with E-state index in [0.29, 0.717) is 5.92 Å². The first-order valence-corrected chi connectivity index (χ1v) is 9.02. The largest absolute Gasteiger partial charge is 0.444 e. The van der Waals surface area contributed by atoms with E-state index in [-0.39, 0.29) is 10.8 Å². The van der Waals surface area contributed by atoms with Crippen molar-refractivity contribution in [1.29, 1.82) is 0 Å². The molecule has 0 bridgehead atoms. The molecule has 0 radical (unpaired) electrons. The summed E-state index contributed by atoms with van der Waals surface area (Å²) in [5, 5.41) is 0. The Kier molecular flexibility index (Phi) is 6.59. The minimum atomic E-state index is -1.18. The summed E-state index contributed by atoms with van der Waals surface area (Å²) in [5.74, 6) is 0.499. The van der Waals surface area contributed by atoms with Gasteiger partial charge in [-0.15, -0.1) is 0 Å². The molecule has 1 rings (SSSR count). The van der Waals surface area contributed by atoms with Crippen molar-refractivity contribution in [2.24, 2.45) is 10.3 Å². The molecule has 1 fully saturated rings. The van der Waals surface area contributed by atoms with Gasteiger partial charge in [0.2, 0.25) is 0 Å². The predicted molar refractivity (Wildman–Crippen MR) is 91.5 cm³/mol. The zero-order valence-electron chi connectivity index (χ0n) is 14.7. The van der Waals surface area contributed by atoms with Gasteiger partial charge in [-0.2, -0.15) is 4.40 Å². The lowest BCUT2D eigenvalue weighted by molar-refractivity contribution is 0.0187. The van der Waals surface area contributed by atoms with E-state index < -0.39 is 16.6 Å². The third-order valence-electron chi connectivity index (χ3n) is 3.40. The number of hydrogen-bond donors (Lipinski definition) is 0. The highest BCUT2D eigenvalue weighted by molar-refractivity contribution is 7.85. The minimum absolute atomic E-state index is 0.228. The summed E-state index contributed by atoms with van der Waals surface area (Å²) >= 11 is 0. The van der Waals surface area contributed by atoms with Crippen molar-refractivity contribution in [2.45, 2.75) is 71.2 Å². The SMILES string of the molecule is CC(C)(C)OC(=O)N1CCC(CC=N[S@@](=O)C(C)(C)C)CC1. The highest BCUT2D eigenvalue weighted by atomic mass is 32.2. The van der Waals surface area contributed by atoms with Crippen molar-refractivity contribution >= 4 is 23.3 Å². The van der Waals surface area contributed by atoms with Crippen LogP contribution in [0.4, 0.5) is 4.79 Å². The number of amides is 1. The molecule has 0 spiro atoms. The van der Waals surface area contributed by atoms with Crippen molar-refractivity contribution in [2.75, 3.05) is 13.1 Å². The van der Waals surface area contributed by atoms with E-state index in [9.17, 15) is 9.00 Å². The van der Waals surface area contributed by atoms with Crippen LogP contribution in [0.1, 0.15) is 60.8 Å². The smallest absolute Gasteiger partial charge is 0.410 e. The Morgan fingerprint density at radius 3 is 2.23 bits per heavy atom. The van der Waals surface area contributed by atoms with Gasteiger partial charge in [0.25, 0.3) is 0 Å². The van der Waals surface area contributed by atoms with Gasteiger partial charge in [0, 0.05) is 19.3 Å². The second-order valence-corrected chi connectivity index (χ2v) is 9.73. The van der Waals surface area contributed by atoms with Gasteiger partial charge < -0.3 is 9.64 Å². The van der Waals surface area contributed by atoms with Crippen molar-refractivity contribution in [3.63, 3.8) is 0 Å². The average Bonchev–Trinajstić information content (AvgIpc) is 2.36. The van der Waals surface area contributed by atoms with Crippen molar-refractivity contribution in [3.05, 3.63) is 0 Å². The minimum Gasteiger partial charge on any atom is -0.444 e. The lowest BCUT2D eigenvalue weighted by Gasteiger charge is -2.33. The second kappa shape index (κ2) is 7.57. The highest BCUT2D eigenvalue weighted by Gasteiger charge is 2.26. The van der Waals surface area contributed by atoms with E-state index >= 15 is 0 Å². The van der Waals surface area contributed by atoms with Gasteiger partial charge >= 0.3 is 6.09 Å². The topological polar surface area (TPSA) is 59.0 Å². The molecule has 22 heavy (non-hydrogen) atoms. The molecule has 1 atom stereocenters. The van der Waals surface area contributed by atoms with Crippen LogP contribution >= 0.6 is 0 Å². The monoisotopic (exact) mass is 330 g/mol. The molecule has 128 valence electrons. The van der Waals surface area contributed by atoms with Crippen LogP contribution in [0.15, 0.2) is 4.40 Å². The zero-order chi connectivity index (χ0) is 17.0. The Labute approximate surface area is 137 Å². The number of nitrogens with zero attached hydrogens (tertiary/aromatic N) is 2. The van der Waals surface area contributed by atoms with Crippen LogP contribution in [0, 0.1) is 5.92 Å². The van der Waals surface area contributed by atoms with E-state index in [0.717, 1.165) is 32.4 Å².